The van der Waals surface area contributed by atoms with Gasteiger partial charge in [0.05, 0.1) is 21.3 Å². The van der Waals surface area contributed by atoms with Gasteiger partial charge in [-0.2, -0.15) is 0 Å². The Hall–Kier alpha value is -2.00. The summed E-state index contributed by atoms with van der Waals surface area (Å²) in [5.74, 6) is -0.456. The zero-order valence-corrected chi connectivity index (χ0v) is 15.4. The van der Waals surface area contributed by atoms with E-state index in [0.717, 1.165) is 0 Å². The molecule has 8 nitrogen and oxygen atoms in total. The molecule has 0 spiro atoms. The van der Waals surface area contributed by atoms with Gasteiger partial charge in [-0.15, -0.1) is 0 Å². The van der Waals surface area contributed by atoms with E-state index in [0.29, 0.717) is 0 Å². The average Bonchev–Trinajstić information content (AvgIpc) is 2.48. The van der Waals surface area contributed by atoms with Crippen molar-refractivity contribution < 1.29 is 32.2 Å². The summed E-state index contributed by atoms with van der Waals surface area (Å²) in [5.41, 5.74) is -0.684. The van der Waals surface area contributed by atoms with E-state index >= 15 is 0 Å². The molecule has 0 radical (unpaired) electrons. The molecule has 0 amide bonds. The maximum atomic E-state index is 12.6. The number of methoxy groups -OCH3 is 3. The summed E-state index contributed by atoms with van der Waals surface area (Å²) in [6.45, 7) is 4.74. The molecule has 0 aliphatic heterocycles. The van der Waals surface area contributed by atoms with E-state index in [-0.39, 0.29) is 22.1 Å². The number of hydrogen-bond acceptors (Lipinski definition) is 7. The fourth-order valence-corrected chi connectivity index (χ4v) is 3.46. The van der Waals surface area contributed by atoms with Crippen molar-refractivity contribution in [1.82, 2.24) is 4.72 Å². The van der Waals surface area contributed by atoms with Crippen LogP contribution in [-0.4, -0.2) is 47.9 Å². The number of benzene rings is 1. The molecule has 0 fully saturated rings. The molecule has 1 aromatic rings. The summed E-state index contributed by atoms with van der Waals surface area (Å²) in [6.07, 6.45) is 0. The molecule has 0 atom stereocenters. The lowest BCUT2D eigenvalue weighted by atomic mass is 10.1. The quantitative estimate of drug-likeness (QED) is 0.731. The van der Waals surface area contributed by atoms with Gasteiger partial charge in [-0.05, 0) is 32.9 Å². The molecule has 0 unspecified atom stereocenters. The summed E-state index contributed by atoms with van der Waals surface area (Å²) in [6, 6.07) is 2.77. The summed E-state index contributed by atoms with van der Waals surface area (Å²) in [7, 11) is 0.0292. The van der Waals surface area contributed by atoms with Crippen LogP contribution in [0.5, 0.6) is 17.2 Å². The van der Waals surface area contributed by atoms with Gasteiger partial charge in [-0.3, -0.25) is 0 Å². The Bertz CT molecular complexity index is 693. The van der Waals surface area contributed by atoms with Crippen molar-refractivity contribution >= 4 is 16.0 Å². The lowest BCUT2D eigenvalue weighted by molar-refractivity contribution is -0.142. The van der Waals surface area contributed by atoms with Crippen LogP contribution >= 0.6 is 0 Å². The van der Waals surface area contributed by atoms with Gasteiger partial charge in [0.2, 0.25) is 15.8 Å². The van der Waals surface area contributed by atoms with Crippen molar-refractivity contribution in [3.63, 3.8) is 0 Å². The largest absolute Gasteiger partial charge is 0.493 e. The lowest BCUT2D eigenvalue weighted by Gasteiger charge is -2.22. The first kappa shape index (κ1) is 20.0. The zero-order valence-electron chi connectivity index (χ0n) is 14.6. The topological polar surface area (TPSA) is 100 Å². The van der Waals surface area contributed by atoms with Gasteiger partial charge in [0.15, 0.2) is 18.1 Å². The van der Waals surface area contributed by atoms with Gasteiger partial charge in [0, 0.05) is 5.54 Å². The van der Waals surface area contributed by atoms with E-state index < -0.39 is 28.1 Å². The van der Waals surface area contributed by atoms with Gasteiger partial charge < -0.3 is 18.9 Å². The third kappa shape index (κ3) is 5.00. The molecule has 0 aliphatic rings. The Kier molecular flexibility index (Phi) is 6.44. The van der Waals surface area contributed by atoms with Crippen molar-refractivity contribution in [3.8, 4) is 17.2 Å². The number of nitrogens with one attached hydrogen (secondary N) is 1. The number of hydrogen-bond donors (Lipinski definition) is 1. The molecule has 9 heteroatoms. The first-order chi connectivity index (χ1) is 11.1. The molecule has 0 heterocycles. The predicted molar refractivity (Wildman–Crippen MR) is 87.1 cm³/mol. The number of carbonyl (C=O) groups is 1. The fourth-order valence-electron chi connectivity index (χ4n) is 1.88. The van der Waals surface area contributed by atoms with Gasteiger partial charge in [0.25, 0.3) is 0 Å². The highest BCUT2D eigenvalue weighted by molar-refractivity contribution is 7.89. The molecule has 0 aliphatic carbocycles. The van der Waals surface area contributed by atoms with E-state index in [1.165, 1.54) is 33.5 Å². The normalized spacial score (nSPS) is 11.8. The van der Waals surface area contributed by atoms with Crippen LogP contribution in [0.25, 0.3) is 0 Å². The van der Waals surface area contributed by atoms with Gasteiger partial charge in [-0.1, -0.05) is 0 Å². The highest BCUT2D eigenvalue weighted by atomic mass is 32.2. The number of esters is 1. The number of sulfonamides is 1. The molecule has 0 saturated heterocycles. The zero-order chi connectivity index (χ0) is 18.5. The average molecular weight is 361 g/mol. The van der Waals surface area contributed by atoms with Crippen molar-refractivity contribution in [3.05, 3.63) is 12.1 Å². The molecule has 1 aromatic carbocycles. The molecule has 136 valence electrons. The van der Waals surface area contributed by atoms with Crippen LogP contribution in [0.3, 0.4) is 0 Å². The molecule has 1 rings (SSSR count). The Morgan fingerprint density at radius 3 is 2.17 bits per heavy atom. The molecule has 1 N–H and O–H groups in total. The highest BCUT2D eigenvalue weighted by Gasteiger charge is 2.29. The van der Waals surface area contributed by atoms with Crippen molar-refractivity contribution in [2.45, 2.75) is 31.2 Å². The minimum atomic E-state index is -3.88. The van der Waals surface area contributed by atoms with E-state index in [4.69, 9.17) is 14.2 Å². The van der Waals surface area contributed by atoms with Crippen LogP contribution in [0.2, 0.25) is 0 Å². The van der Waals surface area contributed by atoms with Crippen molar-refractivity contribution in [2.24, 2.45) is 0 Å². The highest BCUT2D eigenvalue weighted by Crippen LogP contribution is 2.42. The molecular formula is C15H23NO7S. The second kappa shape index (κ2) is 7.71. The summed E-state index contributed by atoms with van der Waals surface area (Å²) >= 11 is 0. The Labute approximate surface area is 142 Å². The smallest absolute Gasteiger partial charge is 0.343 e. The minimum absolute atomic E-state index is 0.00202. The van der Waals surface area contributed by atoms with Crippen LogP contribution < -0.4 is 18.9 Å². The molecule has 24 heavy (non-hydrogen) atoms. The SMILES string of the molecule is COC(=O)COc1c(OC)ccc(S(=O)(=O)NC(C)(C)C)c1OC. The van der Waals surface area contributed by atoms with Crippen LogP contribution in [0, 0.1) is 0 Å². The summed E-state index contributed by atoms with van der Waals surface area (Å²) in [4.78, 5) is 11.2. The number of rotatable bonds is 7. The summed E-state index contributed by atoms with van der Waals surface area (Å²) < 4.78 is 47.9. The monoisotopic (exact) mass is 361 g/mol. The molecule has 0 aromatic heterocycles. The third-order valence-electron chi connectivity index (χ3n) is 2.76. The Morgan fingerprint density at radius 1 is 1.08 bits per heavy atom. The second-order valence-electron chi connectivity index (χ2n) is 5.85. The van der Waals surface area contributed by atoms with Gasteiger partial charge in [0.1, 0.15) is 4.90 Å². The molecule has 0 saturated carbocycles. The lowest BCUT2D eigenvalue weighted by Crippen LogP contribution is -2.40. The first-order valence-electron chi connectivity index (χ1n) is 7.04. The first-order valence-corrected chi connectivity index (χ1v) is 8.52. The van der Waals surface area contributed by atoms with E-state index in [9.17, 15) is 13.2 Å². The fraction of sp³-hybridized carbons (Fsp3) is 0.533. The Balaban J connectivity index is 3.40. The summed E-state index contributed by atoms with van der Waals surface area (Å²) in [5, 5.41) is 0. The standard InChI is InChI=1S/C15H23NO7S/c1-15(2,3)16-24(18,19)11-8-7-10(20-4)13(14(11)22-6)23-9-12(17)21-5/h7-8,16H,9H2,1-6H3. The third-order valence-corrected chi connectivity index (χ3v) is 4.54. The minimum Gasteiger partial charge on any atom is -0.493 e. The van der Waals surface area contributed by atoms with Crippen LogP contribution in [0.1, 0.15) is 20.8 Å². The Morgan fingerprint density at radius 2 is 1.71 bits per heavy atom. The molecular weight excluding hydrogens is 338 g/mol. The van der Waals surface area contributed by atoms with Crippen molar-refractivity contribution in [1.29, 1.82) is 0 Å². The molecule has 0 bridgehead atoms. The maximum Gasteiger partial charge on any atom is 0.343 e. The van der Waals surface area contributed by atoms with Gasteiger partial charge >= 0.3 is 5.97 Å². The number of carbonyl (C=O) groups excluding carboxylic acids is 1. The van der Waals surface area contributed by atoms with E-state index in [1.54, 1.807) is 20.8 Å². The van der Waals surface area contributed by atoms with Crippen molar-refractivity contribution in [2.75, 3.05) is 27.9 Å². The van der Waals surface area contributed by atoms with Crippen LogP contribution in [0.15, 0.2) is 17.0 Å². The van der Waals surface area contributed by atoms with E-state index in [2.05, 4.69) is 9.46 Å². The maximum absolute atomic E-state index is 12.6. The van der Waals surface area contributed by atoms with E-state index in [1.807, 2.05) is 0 Å². The van der Waals surface area contributed by atoms with Gasteiger partial charge in [-0.25, -0.2) is 17.9 Å². The number of ether oxygens (including phenoxy) is 4. The van der Waals surface area contributed by atoms with Crippen LogP contribution in [-0.2, 0) is 19.6 Å². The second-order valence-corrected chi connectivity index (χ2v) is 7.50. The van der Waals surface area contributed by atoms with Crippen LogP contribution in [0.4, 0.5) is 0 Å². The predicted octanol–water partition coefficient (Wildman–Crippen LogP) is 1.33.